The number of alkyl halides is 3. The van der Waals surface area contributed by atoms with Gasteiger partial charge in [0, 0.05) is 11.9 Å². The van der Waals surface area contributed by atoms with Gasteiger partial charge in [-0.15, -0.1) is 0 Å². The van der Waals surface area contributed by atoms with Crippen molar-refractivity contribution < 1.29 is 27.6 Å². The molecule has 204 valence electrons. The average molecular weight is 554 g/mol. The highest BCUT2D eigenvalue weighted by Gasteiger charge is 2.64. The number of amides is 3. The molecule has 3 amide bonds. The molecule has 4 aromatic rings. The first-order valence-electron chi connectivity index (χ1n) is 13.1. The number of benzene rings is 4. The molecule has 1 N–H and O–H groups in total. The summed E-state index contributed by atoms with van der Waals surface area (Å²) in [6.45, 7) is 0. The maximum Gasteiger partial charge on any atom is 0.416 e. The van der Waals surface area contributed by atoms with E-state index in [1.165, 1.54) is 12.1 Å². The van der Waals surface area contributed by atoms with Crippen molar-refractivity contribution in [2.24, 2.45) is 11.8 Å². The van der Waals surface area contributed by atoms with Crippen LogP contribution in [0.25, 0.3) is 16.8 Å². The van der Waals surface area contributed by atoms with Crippen molar-refractivity contribution >= 4 is 45.9 Å². The number of carbonyl (C=O) groups excluding carboxylic acids is 3. The van der Waals surface area contributed by atoms with Crippen LogP contribution in [0.5, 0.6) is 0 Å². The van der Waals surface area contributed by atoms with E-state index in [-0.39, 0.29) is 5.69 Å². The van der Waals surface area contributed by atoms with E-state index in [2.05, 4.69) is 5.32 Å². The lowest BCUT2D eigenvalue weighted by Crippen LogP contribution is -2.46. The Bertz CT molecular complexity index is 1780. The van der Waals surface area contributed by atoms with E-state index in [0.29, 0.717) is 5.69 Å². The summed E-state index contributed by atoms with van der Waals surface area (Å²) in [5, 5.41) is 4.39. The summed E-state index contributed by atoms with van der Waals surface area (Å²) in [5.41, 5.74) is 1.14. The molecule has 2 fully saturated rings. The van der Waals surface area contributed by atoms with Gasteiger partial charge in [-0.25, -0.2) is 4.90 Å². The number of hydrogen-bond acceptors (Lipinski definition) is 4. The van der Waals surface area contributed by atoms with Crippen molar-refractivity contribution in [3.8, 4) is 0 Å². The van der Waals surface area contributed by atoms with E-state index >= 15 is 0 Å². The fourth-order valence-corrected chi connectivity index (χ4v) is 6.42. The molecule has 4 atom stereocenters. The minimum Gasteiger partial charge on any atom is -0.357 e. The number of rotatable bonds is 3. The van der Waals surface area contributed by atoms with Gasteiger partial charge in [-0.2, -0.15) is 13.2 Å². The van der Waals surface area contributed by atoms with Crippen LogP contribution in [0.3, 0.4) is 0 Å². The van der Waals surface area contributed by atoms with Gasteiger partial charge in [0.25, 0.3) is 0 Å². The van der Waals surface area contributed by atoms with Crippen LogP contribution in [0.1, 0.15) is 22.7 Å². The van der Waals surface area contributed by atoms with E-state index in [1.54, 1.807) is 23.2 Å². The van der Waals surface area contributed by atoms with Crippen LogP contribution >= 0.6 is 0 Å². The Morgan fingerprint density at radius 3 is 2.32 bits per heavy atom. The van der Waals surface area contributed by atoms with Crippen LogP contribution in [0, 0.1) is 11.8 Å². The predicted octanol–water partition coefficient (Wildman–Crippen LogP) is 6.01. The molecule has 0 aliphatic carbocycles. The topological polar surface area (TPSA) is 69.7 Å². The highest BCUT2D eigenvalue weighted by atomic mass is 19.4. The molecule has 41 heavy (non-hydrogen) atoms. The number of fused-ring (bicyclic) bond motifs is 6. The highest BCUT2D eigenvalue weighted by molar-refractivity contribution is 6.24. The third-order valence-corrected chi connectivity index (χ3v) is 8.18. The predicted molar refractivity (Wildman–Crippen MR) is 147 cm³/mol. The fourth-order valence-electron chi connectivity index (χ4n) is 6.42. The van der Waals surface area contributed by atoms with Crippen molar-refractivity contribution in [3.63, 3.8) is 0 Å². The van der Waals surface area contributed by atoms with Crippen LogP contribution < -0.4 is 10.2 Å². The quantitative estimate of drug-likeness (QED) is 0.316. The third-order valence-electron chi connectivity index (χ3n) is 8.18. The summed E-state index contributed by atoms with van der Waals surface area (Å²) in [7, 11) is 0. The Balaban J connectivity index is 1.30. The number of imide groups is 1. The van der Waals surface area contributed by atoms with Crippen LogP contribution in [0.15, 0.2) is 97.2 Å². The minimum absolute atomic E-state index is 0.0469. The second-order valence-corrected chi connectivity index (χ2v) is 10.4. The Morgan fingerprint density at radius 2 is 1.51 bits per heavy atom. The van der Waals surface area contributed by atoms with Crippen LogP contribution in [0.4, 0.5) is 24.5 Å². The van der Waals surface area contributed by atoms with E-state index < -0.39 is 53.4 Å². The van der Waals surface area contributed by atoms with Crippen molar-refractivity contribution in [3.05, 3.63) is 114 Å². The second kappa shape index (κ2) is 9.05. The first-order chi connectivity index (χ1) is 19.7. The number of nitrogens with zero attached hydrogens (tertiary/aromatic N) is 2. The van der Waals surface area contributed by atoms with Gasteiger partial charge in [0.05, 0.1) is 29.1 Å². The van der Waals surface area contributed by atoms with E-state index in [9.17, 15) is 27.6 Å². The van der Waals surface area contributed by atoms with E-state index in [1.807, 2.05) is 60.7 Å². The third kappa shape index (κ3) is 3.91. The molecule has 7 rings (SSSR count). The summed E-state index contributed by atoms with van der Waals surface area (Å²) in [6, 6.07) is 23.0. The molecular weight excluding hydrogens is 531 g/mol. The fraction of sp³-hybridized carbons (Fsp3) is 0.156. The molecule has 0 spiro atoms. The lowest BCUT2D eigenvalue weighted by molar-refractivity contribution is -0.137. The molecule has 0 saturated carbocycles. The highest BCUT2D eigenvalue weighted by Crippen LogP contribution is 2.53. The lowest BCUT2D eigenvalue weighted by Gasteiger charge is -2.35. The van der Waals surface area contributed by atoms with Crippen LogP contribution in [-0.4, -0.2) is 28.7 Å². The molecular formula is C32H22F3N3O3. The Morgan fingerprint density at radius 1 is 0.780 bits per heavy atom. The number of carbonyl (C=O) groups is 3. The van der Waals surface area contributed by atoms with Gasteiger partial charge in [0.2, 0.25) is 17.7 Å². The van der Waals surface area contributed by atoms with Gasteiger partial charge < -0.3 is 10.2 Å². The first-order valence-corrected chi connectivity index (χ1v) is 13.1. The van der Waals surface area contributed by atoms with E-state index in [4.69, 9.17) is 0 Å². The summed E-state index contributed by atoms with van der Waals surface area (Å²) < 4.78 is 40.0. The van der Waals surface area contributed by atoms with Gasteiger partial charge in [-0.1, -0.05) is 60.7 Å². The van der Waals surface area contributed by atoms with Crippen LogP contribution in [-0.2, 0) is 20.6 Å². The lowest BCUT2D eigenvalue weighted by atomic mass is 9.84. The normalized spacial score (nSPS) is 23.0. The summed E-state index contributed by atoms with van der Waals surface area (Å²) in [4.78, 5) is 44.8. The van der Waals surface area contributed by atoms with Gasteiger partial charge in [-0.3, -0.25) is 14.4 Å². The Kier molecular flexibility index (Phi) is 5.54. The smallest absolute Gasteiger partial charge is 0.357 e. The number of nitrogens with one attached hydrogen (secondary N) is 1. The molecule has 9 heteroatoms. The SMILES string of the molecule is O=C(Nc1cccc(C(F)(F)F)c1)[C@@H]1[C@@H]2C(=O)N(c3ccc4ccccc4c3)C(=O)[C@H]2[C@H]2c3ccccc3C=CN12. The van der Waals surface area contributed by atoms with Crippen molar-refractivity contribution in [2.45, 2.75) is 18.3 Å². The zero-order valence-corrected chi connectivity index (χ0v) is 21.4. The first kappa shape index (κ1) is 25.1. The van der Waals surface area contributed by atoms with Crippen molar-refractivity contribution in [2.75, 3.05) is 10.2 Å². The average Bonchev–Trinajstić information content (AvgIpc) is 3.44. The van der Waals surface area contributed by atoms with E-state index in [0.717, 1.165) is 38.9 Å². The maximum absolute atomic E-state index is 14.1. The second-order valence-electron chi connectivity index (χ2n) is 10.4. The monoisotopic (exact) mass is 553 g/mol. The molecule has 4 aromatic carbocycles. The van der Waals surface area contributed by atoms with Gasteiger partial charge in [0.15, 0.2) is 0 Å². The molecule has 0 radical (unpaired) electrons. The Labute approximate surface area is 232 Å². The Hall–Kier alpha value is -4.92. The molecule has 0 aromatic heterocycles. The molecule has 3 aliphatic rings. The molecule has 3 heterocycles. The van der Waals surface area contributed by atoms with Crippen LogP contribution in [0.2, 0.25) is 0 Å². The van der Waals surface area contributed by atoms with Crippen molar-refractivity contribution in [1.82, 2.24) is 4.90 Å². The zero-order chi connectivity index (χ0) is 28.5. The minimum atomic E-state index is -4.59. The van der Waals surface area contributed by atoms with Gasteiger partial charge >= 0.3 is 6.18 Å². The zero-order valence-electron chi connectivity index (χ0n) is 21.4. The molecule has 3 aliphatic heterocycles. The van der Waals surface area contributed by atoms with Gasteiger partial charge in [-0.05, 0) is 58.3 Å². The standard InChI is InChI=1S/C32H22F3N3O3/c33-32(34,35)21-9-5-10-22(17-21)36-29(39)28-26-25(27-24-11-4-3-7-19(24)14-15-37(27)28)30(40)38(31(26)41)23-13-12-18-6-1-2-8-20(18)16-23/h1-17,25-28H,(H,36,39)/t25-,26-,27-,28+/m1/s1. The largest absolute Gasteiger partial charge is 0.416 e. The summed E-state index contributed by atoms with van der Waals surface area (Å²) in [5.74, 6) is -3.49. The molecule has 6 nitrogen and oxygen atoms in total. The van der Waals surface area contributed by atoms with Gasteiger partial charge in [0.1, 0.15) is 6.04 Å². The number of hydrogen-bond donors (Lipinski definition) is 1. The summed E-state index contributed by atoms with van der Waals surface area (Å²) in [6.07, 6.45) is -1.08. The maximum atomic E-state index is 14.1. The number of anilines is 2. The molecule has 2 saturated heterocycles. The molecule has 0 bridgehead atoms. The number of halogens is 3. The molecule has 0 unspecified atom stereocenters. The van der Waals surface area contributed by atoms with Crippen molar-refractivity contribution in [1.29, 1.82) is 0 Å². The summed E-state index contributed by atoms with van der Waals surface area (Å²) >= 11 is 0.